The van der Waals surface area contributed by atoms with Gasteiger partial charge in [0.2, 0.25) is 11.4 Å². The van der Waals surface area contributed by atoms with Gasteiger partial charge in [0.1, 0.15) is 62.7 Å². The van der Waals surface area contributed by atoms with Crippen molar-refractivity contribution in [2.24, 2.45) is 28.2 Å². The van der Waals surface area contributed by atoms with Crippen LogP contribution in [0.4, 0.5) is 0 Å². The molecule has 0 aliphatic heterocycles. The van der Waals surface area contributed by atoms with Crippen molar-refractivity contribution in [3.8, 4) is 45.3 Å². The van der Waals surface area contributed by atoms with Gasteiger partial charge in [-0.3, -0.25) is 0 Å². The molecule has 0 aliphatic rings. The molecule has 0 saturated carbocycles. The maximum Gasteiger partial charge on any atom is 0.334 e. The molecule has 0 bridgehead atoms. The number of hydrogen-bond donors (Lipinski definition) is 0. The van der Waals surface area contributed by atoms with Crippen LogP contribution in [0.3, 0.4) is 0 Å². The summed E-state index contributed by atoms with van der Waals surface area (Å²) >= 11 is 0. The fraction of sp³-hybridized carbons (Fsp3) is 0.121. The van der Waals surface area contributed by atoms with E-state index in [-0.39, 0.29) is 5.69 Å². The van der Waals surface area contributed by atoms with Gasteiger partial charge >= 0.3 is 11.6 Å². The molecule has 0 unspecified atom stereocenters. The largest absolute Gasteiger partial charge is 0.455 e. The number of fused-ring (bicyclic) bond motifs is 20. The van der Waals surface area contributed by atoms with Crippen molar-refractivity contribution in [3.05, 3.63) is 288 Å². The molecule has 0 saturated heterocycles. The van der Waals surface area contributed by atoms with E-state index in [9.17, 15) is 0 Å². The number of aryl methyl sites for hydroxylation is 10. The molecular formula is C91H74N8O4+4. The summed E-state index contributed by atoms with van der Waals surface area (Å²) in [6.45, 7) is 1.14. The molecule has 0 N–H and O–H groups in total. The molecule has 8 heterocycles. The smallest absolute Gasteiger partial charge is 0.334 e. The van der Waals surface area contributed by atoms with Crippen molar-refractivity contribution in [1.29, 1.82) is 0 Å². The lowest BCUT2D eigenvalue weighted by Gasteiger charge is -2.07. The summed E-state index contributed by atoms with van der Waals surface area (Å²) < 4.78 is 104. The maximum atomic E-state index is 8.16. The highest BCUT2D eigenvalue weighted by Gasteiger charge is 2.28. The van der Waals surface area contributed by atoms with Crippen LogP contribution in [0.5, 0.6) is 0 Å². The lowest BCUT2D eigenvalue weighted by Crippen LogP contribution is -2.36. The van der Waals surface area contributed by atoms with Gasteiger partial charge in [-0.25, -0.2) is 9.13 Å². The van der Waals surface area contributed by atoms with Crippen molar-refractivity contribution in [3.63, 3.8) is 0 Å². The Kier molecular flexibility index (Phi) is 13.3. The summed E-state index contributed by atoms with van der Waals surface area (Å²) in [5, 5.41) is 25.3. The van der Waals surface area contributed by atoms with Gasteiger partial charge in [-0.15, -0.1) is 0 Å². The number of furan rings is 4. The molecule has 8 aromatic heterocycles. The van der Waals surface area contributed by atoms with Gasteiger partial charge in [0.05, 0.1) is 43.8 Å². The molecule has 498 valence electrons. The first-order chi connectivity index (χ1) is 53.8. The van der Waals surface area contributed by atoms with Crippen LogP contribution in [0.25, 0.3) is 176 Å². The predicted octanol–water partition coefficient (Wildman–Crippen LogP) is 20.7. The summed E-state index contributed by atoms with van der Waals surface area (Å²) in [4.78, 5) is 9.08. The van der Waals surface area contributed by atoms with Crippen LogP contribution in [0.1, 0.15) is 51.4 Å². The Morgan fingerprint density at radius 2 is 0.777 bits per heavy atom. The van der Waals surface area contributed by atoms with Crippen LogP contribution >= 0.6 is 0 Å². The molecular weight excluding hydrogens is 1270 g/mol. The molecule has 20 rings (SSSR count). The van der Waals surface area contributed by atoms with E-state index < -0.39 is 20.6 Å². The Hall–Kier alpha value is -12.8. The molecule has 0 aliphatic carbocycles. The SMILES string of the molecule is Cc1ccc2c(oc3ccc4ccccc4c32)c1-c1cccn[n+]1C.[2H]C([2H])([2H])c1cc(C)c(-c2nccc[n+]2C)c2oc3ccc4ccccc4c3c12.[2H]C([2H])([2H])c1cc2c(oc3ccc4ccccc4c32)c(-c2nccc[n+]2C)c1C.[2H]C([2H])([2H])c1ccc(-c2c(C)ccc3c2oc2ccc4ccccc4c23)[n+](C)n1. The first-order valence-corrected chi connectivity index (χ1v) is 34.1. The zero-order chi connectivity index (χ0) is 78.0. The van der Waals surface area contributed by atoms with E-state index in [1.54, 1.807) is 48.5 Å². The number of aromatic nitrogens is 8. The third-order valence-electron chi connectivity index (χ3n) is 20.0. The van der Waals surface area contributed by atoms with Crippen LogP contribution in [0.15, 0.2) is 267 Å². The van der Waals surface area contributed by atoms with Gasteiger partial charge in [0, 0.05) is 79.7 Å². The molecule has 0 fully saturated rings. The minimum atomic E-state index is -2.26. The average Bonchev–Trinajstić information content (AvgIpc) is 1.65. The van der Waals surface area contributed by atoms with Crippen molar-refractivity contribution >= 4 is 131 Å². The van der Waals surface area contributed by atoms with Crippen LogP contribution in [-0.4, -0.2) is 20.2 Å². The lowest BCUT2D eigenvalue weighted by atomic mass is 9.96. The third kappa shape index (κ3) is 10.7. The summed E-state index contributed by atoms with van der Waals surface area (Å²) in [5.74, 6) is 1.40. The fourth-order valence-corrected chi connectivity index (χ4v) is 15.0. The van der Waals surface area contributed by atoms with Gasteiger partial charge in [-0.2, -0.15) is 0 Å². The van der Waals surface area contributed by atoms with Crippen LogP contribution in [0, 0.1) is 48.3 Å². The molecule has 20 aromatic rings. The van der Waals surface area contributed by atoms with E-state index in [2.05, 4.69) is 112 Å². The molecule has 0 spiro atoms. The third-order valence-corrected chi connectivity index (χ3v) is 20.0. The Balaban J connectivity index is 0.000000109. The Morgan fingerprint density at radius 1 is 0.320 bits per heavy atom. The fourth-order valence-electron chi connectivity index (χ4n) is 15.0. The zero-order valence-electron chi connectivity index (χ0n) is 66.9. The molecule has 12 aromatic carbocycles. The van der Waals surface area contributed by atoms with E-state index in [1.165, 1.54) is 27.1 Å². The highest BCUT2D eigenvalue weighted by Crippen LogP contribution is 2.45. The second-order valence-corrected chi connectivity index (χ2v) is 26.3. The molecule has 0 radical (unpaired) electrons. The molecule has 0 atom stereocenters. The topological polar surface area (TPSA) is 120 Å². The maximum absolute atomic E-state index is 8.16. The minimum Gasteiger partial charge on any atom is -0.455 e. The Morgan fingerprint density at radius 3 is 1.26 bits per heavy atom. The van der Waals surface area contributed by atoms with Crippen LogP contribution in [-0.2, 0) is 28.2 Å². The van der Waals surface area contributed by atoms with Crippen LogP contribution < -0.4 is 18.5 Å². The van der Waals surface area contributed by atoms with Crippen molar-refractivity contribution in [1.82, 2.24) is 20.2 Å². The van der Waals surface area contributed by atoms with E-state index >= 15 is 0 Å². The van der Waals surface area contributed by atoms with E-state index in [0.29, 0.717) is 44.7 Å². The normalized spacial score (nSPS) is 13.3. The van der Waals surface area contributed by atoms with Gasteiger partial charge in [-0.05, 0) is 187 Å². The Bertz CT molecular complexity index is 7240. The van der Waals surface area contributed by atoms with Gasteiger partial charge in [0.15, 0.2) is 25.3 Å². The number of rotatable bonds is 4. The van der Waals surface area contributed by atoms with E-state index in [4.69, 9.17) is 30.0 Å². The van der Waals surface area contributed by atoms with E-state index in [1.807, 2.05) is 183 Å². The highest BCUT2D eigenvalue weighted by atomic mass is 16.3. The van der Waals surface area contributed by atoms with Crippen molar-refractivity contribution < 1.29 is 48.5 Å². The summed E-state index contributed by atoms with van der Waals surface area (Å²) in [7, 11) is 7.55. The van der Waals surface area contributed by atoms with E-state index in [0.717, 1.165) is 138 Å². The lowest BCUT2D eigenvalue weighted by molar-refractivity contribution is -0.720. The molecule has 0 amide bonds. The zero-order valence-corrected chi connectivity index (χ0v) is 57.9. The number of nitrogens with zero attached hydrogens (tertiary/aromatic N) is 8. The Labute approximate surface area is 606 Å². The number of hydrogen-bond acceptors (Lipinski definition) is 8. The monoisotopic (exact) mass is 1350 g/mol. The summed E-state index contributed by atoms with van der Waals surface area (Å²) in [6, 6.07) is 72.1. The average molecular weight is 1350 g/mol. The summed E-state index contributed by atoms with van der Waals surface area (Å²) in [6.07, 6.45) is 9.05. The van der Waals surface area contributed by atoms with Crippen molar-refractivity contribution in [2.75, 3.05) is 0 Å². The van der Waals surface area contributed by atoms with Gasteiger partial charge in [-0.1, -0.05) is 161 Å². The quantitative estimate of drug-likeness (QED) is 0.160. The predicted molar refractivity (Wildman–Crippen MR) is 416 cm³/mol. The first-order valence-electron chi connectivity index (χ1n) is 38.6. The molecule has 12 nitrogen and oxygen atoms in total. The molecule has 12 heteroatoms. The number of benzene rings is 12. The first kappa shape index (κ1) is 54.1. The van der Waals surface area contributed by atoms with Gasteiger partial charge in [0.25, 0.3) is 0 Å². The van der Waals surface area contributed by atoms with Gasteiger partial charge < -0.3 is 17.7 Å². The summed E-state index contributed by atoms with van der Waals surface area (Å²) in [5.41, 5.74) is 15.9. The minimum absolute atomic E-state index is 0.0733. The molecule has 103 heavy (non-hydrogen) atoms. The van der Waals surface area contributed by atoms with Crippen LogP contribution in [0.2, 0.25) is 0 Å². The second-order valence-electron chi connectivity index (χ2n) is 26.3. The highest BCUT2D eigenvalue weighted by molar-refractivity contribution is 6.24. The standard InChI is InChI=1S/3C23H19N2O.C22H17N2O/c1-14-13-18-21-17-8-5-4-7-16(17)9-10-19(21)26-22(18)20(15(14)2)23-24-11-6-12-25(23)3;1-14-13-15(2)20(23-24-11-6-12-25(23)3)22-19(14)21-17-8-5-4-7-16(17)9-10-18(21)26-22;1-14-8-11-18-22-17-7-5-4-6-16(17)10-13-20(22)26-23(18)21(14)19-12-9-15(2)24-25(19)3;1-14-9-11-17-21-16-7-4-3-6-15(16)10-12-19(21)25-22(17)20(14)18-8-5-13-23-24(18)2/h3*4-13H,1-3H3;3-13H,1-2H3/q4*+1/i2*1D3;2D3;. The van der Waals surface area contributed by atoms with Crippen molar-refractivity contribution in [2.45, 2.75) is 48.3 Å². The second kappa shape index (κ2) is 25.4.